The van der Waals surface area contributed by atoms with Crippen LogP contribution >= 0.6 is 0 Å². The van der Waals surface area contributed by atoms with Crippen molar-refractivity contribution in [1.29, 1.82) is 0 Å². The first-order valence-corrected chi connectivity index (χ1v) is 17.5. The minimum Gasteiger partial charge on any atom is -0.356 e. The molecule has 0 aromatic carbocycles. The number of methoxy groups -OCH3 is 4. The SMILES string of the molecule is CCCCCCCCCCOC(C=CCCC(OC)OC)OC(C=CCCC(OC)OC)OCCCCCCCCCC. The van der Waals surface area contributed by atoms with Crippen molar-refractivity contribution in [3.63, 3.8) is 0 Å². The van der Waals surface area contributed by atoms with Gasteiger partial charge in [-0.1, -0.05) is 116 Å². The van der Waals surface area contributed by atoms with Crippen molar-refractivity contribution in [2.75, 3.05) is 41.7 Å². The molecule has 0 saturated carbocycles. The molecule has 256 valence electrons. The van der Waals surface area contributed by atoms with Gasteiger partial charge < -0.3 is 33.2 Å². The zero-order chi connectivity index (χ0) is 31.6. The standard InChI is InChI=1S/C36H70O7/c1-7-9-11-13-15-17-19-25-31-41-35(29-23-21-27-33(37-3)38-4)43-36(30-24-22-28-34(39-5)40-6)42-32-26-20-18-16-14-12-10-8-2/h23-24,29-30,33-36H,7-22,25-28,31-32H2,1-6H3. The topological polar surface area (TPSA) is 64.6 Å². The Morgan fingerprint density at radius 2 is 0.767 bits per heavy atom. The predicted molar refractivity (Wildman–Crippen MR) is 178 cm³/mol. The van der Waals surface area contributed by atoms with Gasteiger partial charge in [0.05, 0.1) is 13.2 Å². The maximum Gasteiger partial charge on any atom is 0.180 e. The lowest BCUT2D eigenvalue weighted by Crippen LogP contribution is -2.25. The number of hydrogen-bond acceptors (Lipinski definition) is 7. The van der Waals surface area contributed by atoms with Crippen molar-refractivity contribution in [2.24, 2.45) is 0 Å². The lowest BCUT2D eigenvalue weighted by atomic mass is 10.1. The van der Waals surface area contributed by atoms with Gasteiger partial charge in [0.1, 0.15) is 0 Å². The maximum atomic E-state index is 6.37. The predicted octanol–water partition coefficient (Wildman–Crippen LogP) is 9.88. The van der Waals surface area contributed by atoms with Crippen LogP contribution in [0.25, 0.3) is 0 Å². The number of hydrogen-bond donors (Lipinski definition) is 0. The summed E-state index contributed by atoms with van der Waals surface area (Å²) >= 11 is 0. The number of ether oxygens (including phenoxy) is 7. The molecule has 0 aliphatic rings. The van der Waals surface area contributed by atoms with E-state index in [4.69, 9.17) is 33.2 Å². The molecule has 0 heterocycles. The highest BCUT2D eigenvalue weighted by molar-refractivity contribution is 4.90. The fraction of sp³-hybridized carbons (Fsp3) is 0.889. The molecule has 2 atom stereocenters. The van der Waals surface area contributed by atoms with Crippen LogP contribution < -0.4 is 0 Å². The third-order valence-corrected chi connectivity index (χ3v) is 7.60. The molecule has 0 spiro atoms. The molecule has 2 unspecified atom stereocenters. The second kappa shape index (κ2) is 34.1. The van der Waals surface area contributed by atoms with Crippen molar-refractivity contribution < 1.29 is 33.2 Å². The third kappa shape index (κ3) is 28.4. The minimum atomic E-state index is -0.480. The van der Waals surface area contributed by atoms with Crippen LogP contribution in [-0.2, 0) is 33.2 Å². The maximum absolute atomic E-state index is 6.37. The Bertz CT molecular complexity index is 540. The lowest BCUT2D eigenvalue weighted by molar-refractivity contribution is -0.208. The summed E-state index contributed by atoms with van der Waals surface area (Å²) in [6, 6.07) is 0. The lowest BCUT2D eigenvalue weighted by Gasteiger charge is -2.22. The molecule has 43 heavy (non-hydrogen) atoms. The first-order valence-electron chi connectivity index (χ1n) is 17.5. The van der Waals surface area contributed by atoms with Crippen LogP contribution in [0.4, 0.5) is 0 Å². The van der Waals surface area contributed by atoms with Gasteiger partial charge in [0.15, 0.2) is 25.2 Å². The molecule has 0 aromatic heterocycles. The summed E-state index contributed by atoms with van der Waals surface area (Å²) in [6.45, 7) is 5.86. The van der Waals surface area contributed by atoms with Crippen LogP contribution in [0.1, 0.15) is 142 Å². The fourth-order valence-electron chi connectivity index (χ4n) is 4.83. The summed E-state index contributed by atoms with van der Waals surface area (Å²) in [4.78, 5) is 0. The van der Waals surface area contributed by atoms with Gasteiger partial charge in [-0.25, -0.2) is 0 Å². The Balaban J connectivity index is 4.99. The van der Waals surface area contributed by atoms with E-state index in [-0.39, 0.29) is 12.6 Å². The second-order valence-corrected chi connectivity index (χ2v) is 11.4. The molecule has 0 N–H and O–H groups in total. The molecule has 0 aromatic rings. The summed E-state index contributed by atoms with van der Waals surface area (Å²) in [5, 5.41) is 0. The highest BCUT2D eigenvalue weighted by Crippen LogP contribution is 2.14. The largest absolute Gasteiger partial charge is 0.356 e. The van der Waals surface area contributed by atoms with E-state index in [1.54, 1.807) is 28.4 Å². The molecular formula is C36H70O7. The van der Waals surface area contributed by atoms with Gasteiger partial charge >= 0.3 is 0 Å². The van der Waals surface area contributed by atoms with E-state index in [1.165, 1.54) is 89.9 Å². The first-order chi connectivity index (χ1) is 21.1. The molecule has 0 rings (SSSR count). The summed E-state index contributed by atoms with van der Waals surface area (Å²) in [6.07, 6.45) is 30.2. The number of rotatable bonds is 34. The summed E-state index contributed by atoms with van der Waals surface area (Å²) in [5.41, 5.74) is 0. The minimum absolute atomic E-state index is 0.212. The van der Waals surface area contributed by atoms with Gasteiger partial charge in [-0.3, -0.25) is 0 Å². The van der Waals surface area contributed by atoms with E-state index in [2.05, 4.69) is 26.0 Å². The fourth-order valence-corrected chi connectivity index (χ4v) is 4.83. The number of unbranched alkanes of at least 4 members (excludes halogenated alkanes) is 14. The molecule has 0 aliphatic heterocycles. The molecule has 0 fully saturated rings. The van der Waals surface area contributed by atoms with Crippen LogP contribution in [0.15, 0.2) is 24.3 Å². The zero-order valence-corrected chi connectivity index (χ0v) is 29.0. The Morgan fingerprint density at radius 1 is 0.442 bits per heavy atom. The second-order valence-electron chi connectivity index (χ2n) is 11.4. The Kier molecular flexibility index (Phi) is 33.4. The Hall–Kier alpha value is -0.800. The van der Waals surface area contributed by atoms with Crippen molar-refractivity contribution in [3.05, 3.63) is 24.3 Å². The smallest absolute Gasteiger partial charge is 0.180 e. The third-order valence-electron chi connectivity index (χ3n) is 7.60. The average molecular weight is 615 g/mol. The molecular weight excluding hydrogens is 544 g/mol. The monoisotopic (exact) mass is 615 g/mol. The highest BCUT2D eigenvalue weighted by atomic mass is 16.8. The van der Waals surface area contributed by atoms with Crippen LogP contribution in [0, 0.1) is 0 Å². The van der Waals surface area contributed by atoms with Gasteiger partial charge in [0.25, 0.3) is 0 Å². The quantitative estimate of drug-likeness (QED) is 0.0406. The summed E-state index contributed by atoms with van der Waals surface area (Å²) in [7, 11) is 6.66. The molecule has 0 amide bonds. The van der Waals surface area contributed by atoms with Gasteiger partial charge in [-0.05, 0) is 37.8 Å². The average Bonchev–Trinajstić information content (AvgIpc) is 3.02. The normalized spacial score (nSPS) is 13.8. The highest BCUT2D eigenvalue weighted by Gasteiger charge is 2.14. The van der Waals surface area contributed by atoms with Crippen molar-refractivity contribution in [2.45, 2.75) is 167 Å². The van der Waals surface area contributed by atoms with E-state index < -0.39 is 12.6 Å². The van der Waals surface area contributed by atoms with Crippen molar-refractivity contribution in [3.8, 4) is 0 Å². The zero-order valence-electron chi connectivity index (χ0n) is 29.0. The molecule has 7 heteroatoms. The molecule has 0 radical (unpaired) electrons. The van der Waals surface area contributed by atoms with Crippen molar-refractivity contribution in [1.82, 2.24) is 0 Å². The van der Waals surface area contributed by atoms with Gasteiger partial charge in [0.2, 0.25) is 0 Å². The van der Waals surface area contributed by atoms with Gasteiger partial charge in [0, 0.05) is 41.3 Å². The number of allylic oxidation sites excluding steroid dienone is 2. The molecule has 7 nitrogen and oxygen atoms in total. The molecule has 0 bridgehead atoms. The van der Waals surface area contributed by atoms with Crippen LogP contribution in [0.5, 0.6) is 0 Å². The van der Waals surface area contributed by atoms with Crippen molar-refractivity contribution >= 4 is 0 Å². The molecule has 0 aliphatic carbocycles. The van der Waals surface area contributed by atoms with Gasteiger partial charge in [-0.2, -0.15) is 0 Å². The van der Waals surface area contributed by atoms with Gasteiger partial charge in [-0.15, -0.1) is 0 Å². The first kappa shape index (κ1) is 42.2. The Morgan fingerprint density at radius 3 is 1.09 bits per heavy atom. The molecule has 0 saturated heterocycles. The van der Waals surface area contributed by atoms with E-state index in [9.17, 15) is 0 Å². The van der Waals surface area contributed by atoms with Crippen LogP contribution in [0.3, 0.4) is 0 Å². The summed E-state index contributed by atoms with van der Waals surface area (Å²) in [5.74, 6) is 0. The van der Waals surface area contributed by atoms with Crippen LogP contribution in [-0.4, -0.2) is 66.8 Å². The van der Waals surface area contributed by atoms with E-state index in [1.807, 2.05) is 12.2 Å². The van der Waals surface area contributed by atoms with Crippen LogP contribution in [0.2, 0.25) is 0 Å². The van der Waals surface area contributed by atoms with E-state index >= 15 is 0 Å². The summed E-state index contributed by atoms with van der Waals surface area (Å²) < 4.78 is 40.1. The van der Waals surface area contributed by atoms with E-state index in [0.717, 1.165) is 38.5 Å². The Labute approximate surface area is 266 Å². The van der Waals surface area contributed by atoms with E-state index in [0.29, 0.717) is 13.2 Å².